The molecule has 4 aromatic carbocycles. The van der Waals surface area contributed by atoms with Crippen LogP contribution in [0.1, 0.15) is 106 Å². The first kappa shape index (κ1) is 35.6. The van der Waals surface area contributed by atoms with E-state index in [9.17, 15) is 30.0 Å². The first-order chi connectivity index (χ1) is 23.1. The summed E-state index contributed by atoms with van der Waals surface area (Å²) in [6, 6.07) is 32.2. The molecule has 2 aliphatic carbocycles. The molecule has 0 spiro atoms. The molecule has 1 aromatic heterocycles. The molecule has 1 heterocycles. The van der Waals surface area contributed by atoms with Crippen LogP contribution in [0.25, 0.3) is 36.2 Å². The van der Waals surface area contributed by atoms with Crippen molar-refractivity contribution in [3.8, 4) is 16.0 Å². The van der Waals surface area contributed by atoms with E-state index in [4.69, 9.17) is 0 Å². The van der Waals surface area contributed by atoms with E-state index < -0.39 is 7.81 Å². The van der Waals surface area contributed by atoms with Crippen LogP contribution in [0.15, 0.2) is 84.9 Å². The summed E-state index contributed by atoms with van der Waals surface area (Å²) in [5.74, 6) is 0.589. The number of halogens is 6. The summed E-state index contributed by atoms with van der Waals surface area (Å²) in [7, 11) is -10.8. The number of fused-ring (bicyclic) bond motifs is 6. The fourth-order valence-corrected chi connectivity index (χ4v) is 10.5. The van der Waals surface area contributed by atoms with Crippen LogP contribution in [0.4, 0.5) is 25.2 Å². The number of hydrogen-bond acceptors (Lipinski definition) is 1. The fraction of sp³-hybridized carbons (Fsp3) is 0.375. The molecule has 2 aliphatic rings. The number of hydrogen-bond donors (Lipinski definition) is 0. The Morgan fingerprint density at radius 1 is 0.694 bits per heavy atom. The van der Waals surface area contributed by atoms with Crippen molar-refractivity contribution in [3.05, 3.63) is 102 Å². The van der Waals surface area contributed by atoms with Crippen LogP contribution >= 0.6 is 18.3 Å². The molecule has 0 amide bonds. The van der Waals surface area contributed by atoms with Gasteiger partial charge in [-0.2, -0.15) is 0 Å². The van der Waals surface area contributed by atoms with E-state index in [1.807, 2.05) is 0 Å². The minimum atomic E-state index is -10.7. The average Bonchev–Trinajstić information content (AvgIpc) is 3.54. The second-order valence-corrected chi connectivity index (χ2v) is 17.6. The van der Waals surface area contributed by atoms with Crippen molar-refractivity contribution in [2.24, 2.45) is 5.92 Å². The van der Waals surface area contributed by atoms with E-state index in [0.29, 0.717) is 5.78 Å². The van der Waals surface area contributed by atoms with Crippen LogP contribution in [0.3, 0.4) is 0 Å². The van der Waals surface area contributed by atoms with Crippen LogP contribution in [0, 0.1) is 5.92 Å². The van der Waals surface area contributed by atoms with Gasteiger partial charge >= 0.3 is 33.0 Å². The van der Waals surface area contributed by atoms with Crippen molar-refractivity contribution >= 4 is 44.2 Å². The summed E-state index contributed by atoms with van der Waals surface area (Å²) in [5.41, 5.74) is 6.60. The molecule has 0 radical (unpaired) electrons. The molecule has 0 aliphatic heterocycles. The summed E-state index contributed by atoms with van der Waals surface area (Å²) in [4.78, 5) is 15.2. The number of benzene rings is 4. The predicted molar refractivity (Wildman–Crippen MR) is 195 cm³/mol. The van der Waals surface area contributed by atoms with Gasteiger partial charge in [0.05, 0.1) is 0 Å². The SMILES string of the molecule is CCCCC1(CCCC)c2cc(C(=O)C3CCCCC3)ccc2-c2ccc(-[s+]3c4ccccc4c4ccccc43)cc21.F[P-](F)(F)(F)(F)F. The van der Waals surface area contributed by atoms with Gasteiger partial charge in [0.2, 0.25) is 0 Å². The molecule has 1 fully saturated rings. The Kier molecular flexibility index (Phi) is 9.32. The van der Waals surface area contributed by atoms with Crippen molar-refractivity contribution in [2.45, 2.75) is 89.9 Å². The van der Waals surface area contributed by atoms with Gasteiger partial charge in [0, 0.05) is 44.2 Å². The minimum absolute atomic E-state index is 0.0301. The first-order valence-corrected chi connectivity index (χ1v) is 20.7. The van der Waals surface area contributed by atoms with Crippen molar-refractivity contribution in [1.29, 1.82) is 0 Å². The normalized spacial score (nSPS) is 17.1. The Hall–Kier alpha value is -3.22. The van der Waals surface area contributed by atoms with Crippen LogP contribution < -0.4 is 0 Å². The number of carbonyl (C=O) groups is 1. The van der Waals surface area contributed by atoms with Gasteiger partial charge in [-0.1, -0.05) is 95.2 Å². The van der Waals surface area contributed by atoms with Gasteiger partial charge in [-0.25, -0.2) is 0 Å². The zero-order valence-corrected chi connectivity index (χ0v) is 29.7. The van der Waals surface area contributed by atoms with Gasteiger partial charge in [-0.05, 0) is 90.4 Å². The third-order valence-corrected chi connectivity index (χ3v) is 12.6. The zero-order valence-electron chi connectivity index (χ0n) is 28.0. The Morgan fingerprint density at radius 2 is 1.18 bits per heavy atom. The van der Waals surface area contributed by atoms with E-state index in [1.165, 1.54) is 92.3 Å². The van der Waals surface area contributed by atoms with E-state index >= 15 is 0 Å². The number of Topliss-reactive ketones (excluding diaryl/α,β-unsaturated/α-hetero) is 1. The third-order valence-electron chi connectivity index (χ3n) is 10.2. The van der Waals surface area contributed by atoms with Crippen LogP contribution in [0.2, 0.25) is 0 Å². The quantitative estimate of drug-likeness (QED) is 0.0642. The molecule has 0 atom stereocenters. The van der Waals surface area contributed by atoms with E-state index in [2.05, 4.69) is 98.8 Å². The van der Waals surface area contributed by atoms with Gasteiger partial charge in [0.1, 0.15) is 0 Å². The Balaban J connectivity index is 0.000000540. The number of thiophene rings is 1. The van der Waals surface area contributed by atoms with Crippen LogP contribution in [-0.4, -0.2) is 5.78 Å². The number of ketones is 1. The summed E-state index contributed by atoms with van der Waals surface area (Å²) in [5, 5.41) is 2.77. The van der Waals surface area contributed by atoms with Crippen molar-refractivity contribution in [1.82, 2.24) is 0 Å². The number of rotatable bonds is 9. The fourth-order valence-electron chi connectivity index (χ4n) is 8.08. The molecule has 262 valence electrons. The molecule has 0 bridgehead atoms. The predicted octanol–water partition coefficient (Wildman–Crippen LogP) is 15.5. The molecule has 1 saturated carbocycles. The van der Waals surface area contributed by atoms with Gasteiger partial charge in [0.15, 0.2) is 20.1 Å². The second kappa shape index (κ2) is 12.8. The molecule has 9 heteroatoms. The van der Waals surface area contributed by atoms with Gasteiger partial charge in [-0.15, -0.1) is 0 Å². The number of unbranched alkanes of at least 4 members (excludes halogenated alkanes) is 2. The molecule has 49 heavy (non-hydrogen) atoms. The molecule has 5 aromatic rings. The van der Waals surface area contributed by atoms with E-state index in [0.717, 1.165) is 31.2 Å². The molecule has 1 nitrogen and oxygen atoms in total. The molecule has 0 unspecified atom stereocenters. The number of carbonyl (C=O) groups excluding carboxylic acids is 1. The molecular formula is C40H43F6OPS. The van der Waals surface area contributed by atoms with Crippen molar-refractivity contribution in [3.63, 3.8) is 0 Å². The standard InChI is InChI=1S/C40H43OS.F6P/c1-3-5-24-40(25-6-4-2)35-26-29(39(41)28-14-8-7-9-15-28)20-22-31(35)32-23-21-30(27-36(32)40)42-37-18-12-10-16-33(37)34-17-11-13-19-38(34)42;1-7(2,3,4,5)6/h10-13,16-23,26-28H,3-9,14-15,24-25H2,1-2H3;/q+1;-1. The second-order valence-electron chi connectivity index (χ2n) is 13.7. The summed E-state index contributed by atoms with van der Waals surface area (Å²) >= 11 is 0. The van der Waals surface area contributed by atoms with E-state index in [-0.39, 0.29) is 21.8 Å². The van der Waals surface area contributed by atoms with Crippen molar-refractivity contribution < 1.29 is 30.0 Å². The molecular weight excluding hydrogens is 673 g/mol. The molecule has 0 N–H and O–H groups in total. The first-order valence-electron chi connectivity index (χ1n) is 17.4. The summed E-state index contributed by atoms with van der Waals surface area (Å²) < 4.78 is 62.1. The maximum atomic E-state index is 13.8. The maximum absolute atomic E-state index is 13.8. The van der Waals surface area contributed by atoms with Gasteiger partial charge in [-0.3, -0.25) is 4.79 Å². The summed E-state index contributed by atoms with van der Waals surface area (Å²) in [6.45, 7) is 4.63. The molecule has 0 saturated heterocycles. The average molecular weight is 717 g/mol. The van der Waals surface area contributed by atoms with Crippen LogP contribution in [0.5, 0.6) is 0 Å². The van der Waals surface area contributed by atoms with Gasteiger partial charge < -0.3 is 0 Å². The monoisotopic (exact) mass is 716 g/mol. The van der Waals surface area contributed by atoms with Crippen LogP contribution in [-0.2, 0) is 5.41 Å². The molecule has 7 rings (SSSR count). The third kappa shape index (κ3) is 7.76. The van der Waals surface area contributed by atoms with Gasteiger partial charge in [0.25, 0.3) is 0 Å². The zero-order chi connectivity index (χ0) is 35.1. The topological polar surface area (TPSA) is 17.1 Å². The summed E-state index contributed by atoms with van der Waals surface area (Å²) in [6.07, 6.45) is 12.8. The Morgan fingerprint density at radius 3 is 1.71 bits per heavy atom. The van der Waals surface area contributed by atoms with E-state index in [1.54, 1.807) is 0 Å². The van der Waals surface area contributed by atoms with Crippen molar-refractivity contribution in [2.75, 3.05) is 0 Å². The Bertz CT molecular complexity index is 1940. The Labute approximate surface area is 286 Å².